The summed E-state index contributed by atoms with van der Waals surface area (Å²) >= 11 is 0. The molecule has 0 saturated carbocycles. The number of amides is 1. The lowest BCUT2D eigenvalue weighted by Crippen LogP contribution is -2.33. The van der Waals surface area contributed by atoms with Gasteiger partial charge in [-0.15, -0.1) is 0 Å². The molecule has 0 heterocycles. The third-order valence-electron chi connectivity index (χ3n) is 4.10. The Balaban J connectivity index is 1.70. The number of benzene rings is 3. The van der Waals surface area contributed by atoms with E-state index in [1.54, 1.807) is 0 Å². The van der Waals surface area contributed by atoms with Crippen molar-refractivity contribution in [2.45, 2.75) is 12.2 Å². The SMILES string of the molecule is O=C(COc1cccc(C(F)(F)F)c1)NC(c1ccccc1)c1ccccc1. The molecule has 0 aliphatic rings. The Morgan fingerprint density at radius 3 is 1.96 bits per heavy atom. The first kappa shape index (κ1) is 19.5. The lowest BCUT2D eigenvalue weighted by molar-refractivity contribution is -0.137. The fraction of sp³-hybridized carbons (Fsp3) is 0.136. The standard InChI is InChI=1S/C22H18F3NO2/c23-22(24,25)18-12-7-13-19(14-18)28-15-20(27)26-21(16-8-3-1-4-9-16)17-10-5-2-6-11-17/h1-14,21H,15H2,(H,26,27). The molecular formula is C22H18F3NO2. The normalized spacial score (nSPS) is 11.3. The zero-order valence-corrected chi connectivity index (χ0v) is 14.8. The third-order valence-corrected chi connectivity index (χ3v) is 4.10. The molecule has 0 spiro atoms. The summed E-state index contributed by atoms with van der Waals surface area (Å²) < 4.78 is 43.6. The number of carbonyl (C=O) groups excluding carboxylic acids is 1. The lowest BCUT2D eigenvalue weighted by atomic mass is 9.99. The van der Waals surface area contributed by atoms with Crippen LogP contribution in [-0.2, 0) is 11.0 Å². The average molecular weight is 385 g/mol. The molecule has 3 rings (SSSR count). The summed E-state index contributed by atoms with van der Waals surface area (Å²) in [5.41, 5.74) is 0.957. The number of ether oxygens (including phenoxy) is 1. The van der Waals surface area contributed by atoms with Gasteiger partial charge in [0.2, 0.25) is 0 Å². The van der Waals surface area contributed by atoms with Gasteiger partial charge in [0.15, 0.2) is 6.61 Å². The first-order chi connectivity index (χ1) is 13.4. The summed E-state index contributed by atoms with van der Waals surface area (Å²) in [7, 11) is 0. The molecule has 1 N–H and O–H groups in total. The van der Waals surface area contributed by atoms with Gasteiger partial charge >= 0.3 is 6.18 Å². The van der Waals surface area contributed by atoms with Gasteiger partial charge in [0.1, 0.15) is 5.75 Å². The van der Waals surface area contributed by atoms with Crippen molar-refractivity contribution >= 4 is 5.91 Å². The van der Waals surface area contributed by atoms with Crippen molar-refractivity contribution in [1.29, 1.82) is 0 Å². The molecular weight excluding hydrogens is 367 g/mol. The Labute approximate surface area is 160 Å². The van der Waals surface area contributed by atoms with Crippen LogP contribution in [0.2, 0.25) is 0 Å². The maximum absolute atomic E-state index is 12.8. The van der Waals surface area contributed by atoms with Crippen LogP contribution in [0.1, 0.15) is 22.7 Å². The number of nitrogens with one attached hydrogen (secondary N) is 1. The van der Waals surface area contributed by atoms with Gasteiger partial charge in [-0.1, -0.05) is 66.7 Å². The number of carbonyl (C=O) groups is 1. The van der Waals surface area contributed by atoms with Crippen LogP contribution in [0.5, 0.6) is 5.75 Å². The van der Waals surface area contributed by atoms with Gasteiger partial charge in [-0.2, -0.15) is 13.2 Å². The van der Waals surface area contributed by atoms with Gasteiger partial charge in [-0.25, -0.2) is 0 Å². The Kier molecular flexibility index (Phi) is 5.99. The van der Waals surface area contributed by atoms with Crippen molar-refractivity contribution in [1.82, 2.24) is 5.32 Å². The summed E-state index contributed by atoms with van der Waals surface area (Å²) in [6.07, 6.45) is -4.46. The molecule has 0 fully saturated rings. The van der Waals surface area contributed by atoms with E-state index in [9.17, 15) is 18.0 Å². The molecule has 28 heavy (non-hydrogen) atoms. The van der Waals surface area contributed by atoms with Crippen molar-refractivity contribution in [3.8, 4) is 5.75 Å². The van der Waals surface area contributed by atoms with Crippen LogP contribution >= 0.6 is 0 Å². The van der Waals surface area contributed by atoms with Crippen molar-refractivity contribution in [3.63, 3.8) is 0 Å². The van der Waals surface area contributed by atoms with E-state index >= 15 is 0 Å². The third kappa shape index (κ3) is 5.13. The van der Waals surface area contributed by atoms with Gasteiger partial charge in [-0.05, 0) is 29.3 Å². The Morgan fingerprint density at radius 1 is 0.857 bits per heavy atom. The van der Waals surface area contributed by atoms with Crippen molar-refractivity contribution < 1.29 is 22.7 Å². The van der Waals surface area contributed by atoms with Crippen LogP contribution in [0.25, 0.3) is 0 Å². The smallest absolute Gasteiger partial charge is 0.416 e. The van der Waals surface area contributed by atoms with Crippen LogP contribution < -0.4 is 10.1 Å². The van der Waals surface area contributed by atoms with Crippen molar-refractivity contribution in [3.05, 3.63) is 102 Å². The highest BCUT2D eigenvalue weighted by atomic mass is 19.4. The van der Waals surface area contributed by atoms with E-state index in [1.165, 1.54) is 12.1 Å². The summed E-state index contributed by atoms with van der Waals surface area (Å²) in [5.74, 6) is -0.448. The average Bonchev–Trinajstić information content (AvgIpc) is 2.71. The molecule has 3 nitrogen and oxygen atoms in total. The molecule has 0 unspecified atom stereocenters. The minimum atomic E-state index is -4.46. The summed E-state index contributed by atoms with van der Waals surface area (Å²) in [4.78, 5) is 12.4. The molecule has 0 radical (unpaired) electrons. The molecule has 144 valence electrons. The van der Waals surface area contributed by atoms with Crippen molar-refractivity contribution in [2.75, 3.05) is 6.61 Å². The van der Waals surface area contributed by atoms with E-state index in [-0.39, 0.29) is 11.8 Å². The number of rotatable bonds is 6. The van der Waals surface area contributed by atoms with Gasteiger partial charge < -0.3 is 10.1 Å². The number of hydrogen-bond donors (Lipinski definition) is 1. The molecule has 0 aliphatic heterocycles. The zero-order valence-electron chi connectivity index (χ0n) is 14.8. The molecule has 3 aromatic carbocycles. The van der Waals surface area contributed by atoms with E-state index < -0.39 is 24.3 Å². The van der Waals surface area contributed by atoms with Gasteiger partial charge in [0.05, 0.1) is 11.6 Å². The second-order valence-corrected chi connectivity index (χ2v) is 6.14. The quantitative estimate of drug-likeness (QED) is 0.649. The molecule has 0 aromatic heterocycles. The summed E-state index contributed by atoms with van der Waals surface area (Å²) in [6, 6.07) is 22.9. The monoisotopic (exact) mass is 385 g/mol. The predicted octanol–water partition coefficient (Wildman–Crippen LogP) is 4.99. The van der Waals surface area contributed by atoms with Crippen LogP contribution in [0.3, 0.4) is 0 Å². The molecule has 3 aromatic rings. The van der Waals surface area contributed by atoms with E-state index in [2.05, 4.69) is 5.32 Å². The highest BCUT2D eigenvalue weighted by molar-refractivity contribution is 5.78. The second kappa shape index (κ2) is 8.61. The van der Waals surface area contributed by atoms with E-state index in [0.29, 0.717) is 0 Å². The van der Waals surface area contributed by atoms with E-state index in [1.807, 2.05) is 60.7 Å². The molecule has 0 bridgehead atoms. The second-order valence-electron chi connectivity index (χ2n) is 6.14. The molecule has 1 amide bonds. The lowest BCUT2D eigenvalue weighted by Gasteiger charge is -2.20. The maximum atomic E-state index is 12.8. The maximum Gasteiger partial charge on any atom is 0.416 e. The fourth-order valence-electron chi connectivity index (χ4n) is 2.76. The summed E-state index contributed by atoms with van der Waals surface area (Å²) in [6.45, 7) is -0.391. The molecule has 0 saturated heterocycles. The van der Waals surface area contributed by atoms with Gasteiger partial charge in [0, 0.05) is 0 Å². The van der Waals surface area contributed by atoms with Crippen LogP contribution in [0, 0.1) is 0 Å². The summed E-state index contributed by atoms with van der Waals surface area (Å²) in [5, 5.41) is 2.88. The Morgan fingerprint density at radius 2 is 1.43 bits per heavy atom. The topological polar surface area (TPSA) is 38.3 Å². The largest absolute Gasteiger partial charge is 0.484 e. The number of halogens is 3. The van der Waals surface area contributed by atoms with Gasteiger partial charge in [-0.3, -0.25) is 4.79 Å². The van der Waals surface area contributed by atoms with Crippen LogP contribution in [0.4, 0.5) is 13.2 Å². The van der Waals surface area contributed by atoms with Crippen LogP contribution in [0.15, 0.2) is 84.9 Å². The Bertz CT molecular complexity index is 872. The number of alkyl halides is 3. The molecule has 6 heteroatoms. The number of hydrogen-bond acceptors (Lipinski definition) is 2. The van der Waals surface area contributed by atoms with Gasteiger partial charge in [0.25, 0.3) is 5.91 Å². The fourth-order valence-corrected chi connectivity index (χ4v) is 2.76. The molecule has 0 aliphatic carbocycles. The minimum absolute atomic E-state index is 0.0130. The highest BCUT2D eigenvalue weighted by Gasteiger charge is 2.30. The van der Waals surface area contributed by atoms with E-state index in [4.69, 9.17) is 4.74 Å². The zero-order chi connectivity index (χ0) is 20.0. The van der Waals surface area contributed by atoms with Crippen LogP contribution in [-0.4, -0.2) is 12.5 Å². The predicted molar refractivity (Wildman–Crippen MR) is 99.8 cm³/mol. The Hall–Kier alpha value is -3.28. The first-order valence-corrected chi connectivity index (χ1v) is 8.63. The van der Waals surface area contributed by atoms with Crippen molar-refractivity contribution in [2.24, 2.45) is 0 Å². The minimum Gasteiger partial charge on any atom is -0.484 e. The highest BCUT2D eigenvalue weighted by Crippen LogP contribution is 2.31. The molecule has 0 atom stereocenters. The first-order valence-electron chi connectivity index (χ1n) is 8.63. The van der Waals surface area contributed by atoms with E-state index in [0.717, 1.165) is 23.3 Å².